The molecule has 1 aliphatic rings. The van der Waals surface area contributed by atoms with E-state index in [1.165, 1.54) is 22.3 Å². The summed E-state index contributed by atoms with van der Waals surface area (Å²) in [6.45, 7) is 2.89. The SMILES string of the molecule is COc1ccc(C=CCCNC(=O)OCC2c3ccccc3-c3ccccc32)cc1C. The molecular weight excluding hydrogens is 386 g/mol. The van der Waals surface area contributed by atoms with E-state index < -0.39 is 0 Å². The Bertz CT molecular complexity index is 1060. The number of rotatable bonds is 7. The van der Waals surface area contributed by atoms with Crippen molar-refractivity contribution in [1.29, 1.82) is 0 Å². The second-order valence-corrected chi connectivity index (χ2v) is 7.67. The van der Waals surface area contributed by atoms with Crippen LogP contribution in [0.1, 0.15) is 34.6 Å². The summed E-state index contributed by atoms with van der Waals surface area (Å²) >= 11 is 0. The van der Waals surface area contributed by atoms with Crippen molar-refractivity contribution in [2.24, 2.45) is 0 Å². The van der Waals surface area contributed by atoms with Gasteiger partial charge in [0.15, 0.2) is 0 Å². The first-order chi connectivity index (χ1) is 15.2. The Kier molecular flexibility index (Phi) is 6.37. The van der Waals surface area contributed by atoms with Crippen molar-refractivity contribution in [2.75, 3.05) is 20.3 Å². The van der Waals surface area contributed by atoms with Gasteiger partial charge in [0, 0.05) is 12.5 Å². The monoisotopic (exact) mass is 413 g/mol. The molecule has 4 heteroatoms. The maximum absolute atomic E-state index is 12.2. The first-order valence-electron chi connectivity index (χ1n) is 10.6. The number of alkyl carbamates (subject to hydrolysis) is 1. The number of hydrogen-bond acceptors (Lipinski definition) is 3. The molecule has 31 heavy (non-hydrogen) atoms. The molecule has 0 fully saturated rings. The molecule has 3 aromatic rings. The molecule has 0 saturated heterocycles. The fourth-order valence-electron chi connectivity index (χ4n) is 4.13. The average Bonchev–Trinajstić information content (AvgIpc) is 3.11. The van der Waals surface area contributed by atoms with Gasteiger partial charge in [-0.2, -0.15) is 0 Å². The Labute approximate surface area is 183 Å². The van der Waals surface area contributed by atoms with Crippen LogP contribution in [-0.2, 0) is 4.74 Å². The minimum Gasteiger partial charge on any atom is -0.496 e. The summed E-state index contributed by atoms with van der Waals surface area (Å²) in [5.74, 6) is 0.963. The van der Waals surface area contributed by atoms with Gasteiger partial charge in [0.05, 0.1) is 7.11 Å². The van der Waals surface area contributed by atoms with Crippen molar-refractivity contribution < 1.29 is 14.3 Å². The van der Waals surface area contributed by atoms with Gasteiger partial charge in [-0.15, -0.1) is 0 Å². The largest absolute Gasteiger partial charge is 0.496 e. The lowest BCUT2D eigenvalue weighted by Gasteiger charge is -2.14. The molecule has 4 nitrogen and oxygen atoms in total. The third kappa shape index (κ3) is 4.64. The van der Waals surface area contributed by atoms with Gasteiger partial charge in [-0.05, 0) is 58.9 Å². The highest BCUT2D eigenvalue weighted by Gasteiger charge is 2.28. The van der Waals surface area contributed by atoms with Gasteiger partial charge in [0.25, 0.3) is 0 Å². The summed E-state index contributed by atoms with van der Waals surface area (Å²) in [5, 5.41) is 2.84. The lowest BCUT2D eigenvalue weighted by Crippen LogP contribution is -2.26. The highest BCUT2D eigenvalue weighted by Crippen LogP contribution is 2.44. The first kappa shape index (κ1) is 20.7. The molecule has 0 aliphatic heterocycles. The van der Waals surface area contributed by atoms with Crippen LogP contribution in [-0.4, -0.2) is 26.4 Å². The van der Waals surface area contributed by atoms with Crippen molar-refractivity contribution in [3.05, 3.63) is 95.1 Å². The summed E-state index contributed by atoms with van der Waals surface area (Å²) in [6, 6.07) is 22.7. The van der Waals surface area contributed by atoms with Crippen LogP contribution in [0.15, 0.2) is 72.8 Å². The van der Waals surface area contributed by atoms with Crippen LogP contribution in [0.4, 0.5) is 4.79 Å². The predicted octanol–water partition coefficient (Wildman–Crippen LogP) is 5.95. The standard InChI is InChI=1S/C27H27NO3/c1-19-17-20(14-15-26(19)30-2)9-7-8-16-28-27(29)31-18-25-23-12-5-3-10-21(23)22-11-4-6-13-24(22)25/h3-7,9-15,17,25H,8,16,18H2,1-2H3,(H,28,29). The average molecular weight is 414 g/mol. The van der Waals surface area contributed by atoms with Gasteiger partial charge in [-0.3, -0.25) is 0 Å². The maximum Gasteiger partial charge on any atom is 0.407 e. The number of hydrogen-bond donors (Lipinski definition) is 1. The third-order valence-corrected chi connectivity index (χ3v) is 5.65. The zero-order valence-electron chi connectivity index (χ0n) is 17.9. The number of ether oxygens (including phenoxy) is 2. The molecule has 4 rings (SSSR count). The summed E-state index contributed by atoms with van der Waals surface area (Å²) < 4.78 is 10.8. The topological polar surface area (TPSA) is 47.6 Å². The van der Waals surface area contributed by atoms with Crippen LogP contribution in [0.25, 0.3) is 17.2 Å². The number of benzene rings is 3. The van der Waals surface area contributed by atoms with E-state index in [2.05, 4.69) is 35.6 Å². The van der Waals surface area contributed by atoms with E-state index in [1.807, 2.05) is 55.5 Å². The zero-order chi connectivity index (χ0) is 21.6. The van der Waals surface area contributed by atoms with Crippen LogP contribution in [0.5, 0.6) is 5.75 Å². The molecule has 158 valence electrons. The lowest BCUT2D eigenvalue weighted by atomic mass is 9.98. The van der Waals surface area contributed by atoms with Gasteiger partial charge >= 0.3 is 6.09 Å². The second-order valence-electron chi connectivity index (χ2n) is 7.67. The van der Waals surface area contributed by atoms with E-state index in [0.717, 1.165) is 23.3 Å². The van der Waals surface area contributed by atoms with Crippen LogP contribution in [0, 0.1) is 6.92 Å². The number of carbonyl (C=O) groups is 1. The minimum absolute atomic E-state index is 0.0800. The van der Waals surface area contributed by atoms with E-state index in [9.17, 15) is 4.79 Å². The normalized spacial score (nSPS) is 12.5. The minimum atomic E-state index is -0.379. The molecule has 0 unspecified atom stereocenters. The highest BCUT2D eigenvalue weighted by atomic mass is 16.5. The summed E-state index contributed by atoms with van der Waals surface area (Å²) in [5.41, 5.74) is 7.10. The van der Waals surface area contributed by atoms with Gasteiger partial charge < -0.3 is 14.8 Å². The Hall–Kier alpha value is -3.53. The van der Waals surface area contributed by atoms with Gasteiger partial charge in [0.2, 0.25) is 0 Å². The molecule has 3 aromatic carbocycles. The van der Waals surface area contributed by atoms with Gasteiger partial charge in [-0.25, -0.2) is 4.79 Å². The Morgan fingerprint density at radius 2 is 1.68 bits per heavy atom. The van der Waals surface area contributed by atoms with Crippen molar-refractivity contribution in [3.63, 3.8) is 0 Å². The van der Waals surface area contributed by atoms with Crippen molar-refractivity contribution in [2.45, 2.75) is 19.3 Å². The molecule has 0 saturated carbocycles. The third-order valence-electron chi connectivity index (χ3n) is 5.65. The quantitative estimate of drug-likeness (QED) is 0.487. The van der Waals surface area contributed by atoms with Crippen LogP contribution >= 0.6 is 0 Å². The number of amides is 1. The number of carbonyl (C=O) groups excluding carboxylic acids is 1. The van der Waals surface area contributed by atoms with Crippen LogP contribution in [0.3, 0.4) is 0 Å². The molecule has 0 radical (unpaired) electrons. The lowest BCUT2D eigenvalue weighted by molar-refractivity contribution is 0.143. The molecule has 0 heterocycles. The number of nitrogens with one attached hydrogen (secondary N) is 1. The molecule has 1 amide bonds. The molecule has 0 spiro atoms. The van der Waals surface area contributed by atoms with E-state index >= 15 is 0 Å². The highest BCUT2D eigenvalue weighted by molar-refractivity contribution is 5.79. The van der Waals surface area contributed by atoms with Crippen molar-refractivity contribution in [1.82, 2.24) is 5.32 Å². The van der Waals surface area contributed by atoms with E-state index in [4.69, 9.17) is 9.47 Å². The Morgan fingerprint density at radius 1 is 1.00 bits per heavy atom. The zero-order valence-corrected chi connectivity index (χ0v) is 17.9. The Balaban J connectivity index is 1.26. The van der Waals surface area contributed by atoms with E-state index in [-0.39, 0.29) is 12.0 Å². The maximum atomic E-state index is 12.2. The summed E-state index contributed by atoms with van der Waals surface area (Å²) in [6.07, 6.45) is 4.45. The fraction of sp³-hybridized carbons (Fsp3) is 0.222. The molecule has 0 atom stereocenters. The summed E-state index contributed by atoms with van der Waals surface area (Å²) in [4.78, 5) is 12.2. The molecule has 1 N–H and O–H groups in total. The van der Waals surface area contributed by atoms with E-state index in [1.54, 1.807) is 7.11 Å². The first-order valence-corrected chi connectivity index (χ1v) is 10.6. The van der Waals surface area contributed by atoms with Crippen LogP contribution in [0.2, 0.25) is 0 Å². The molecule has 1 aliphatic carbocycles. The number of methoxy groups -OCH3 is 1. The number of aryl methyl sites for hydroxylation is 1. The van der Waals surface area contributed by atoms with Crippen LogP contribution < -0.4 is 10.1 Å². The predicted molar refractivity (Wildman–Crippen MR) is 124 cm³/mol. The van der Waals surface area contributed by atoms with Gasteiger partial charge in [0.1, 0.15) is 12.4 Å². The second kappa shape index (κ2) is 9.52. The van der Waals surface area contributed by atoms with Gasteiger partial charge in [-0.1, -0.05) is 66.7 Å². The van der Waals surface area contributed by atoms with Crippen molar-refractivity contribution >= 4 is 12.2 Å². The molecular formula is C27H27NO3. The molecule has 0 aromatic heterocycles. The van der Waals surface area contributed by atoms with Crippen molar-refractivity contribution in [3.8, 4) is 16.9 Å². The number of fused-ring (bicyclic) bond motifs is 3. The smallest absolute Gasteiger partial charge is 0.407 e. The Morgan fingerprint density at radius 3 is 2.32 bits per heavy atom. The summed E-state index contributed by atoms with van der Waals surface area (Å²) in [7, 11) is 1.67. The molecule has 0 bridgehead atoms. The van der Waals surface area contributed by atoms with E-state index in [0.29, 0.717) is 13.2 Å². The fourth-order valence-corrected chi connectivity index (χ4v) is 4.13.